The van der Waals surface area contributed by atoms with Crippen LogP contribution < -0.4 is 4.90 Å². The Morgan fingerprint density at radius 1 is 1.25 bits per heavy atom. The number of hydrogen-bond donors (Lipinski definition) is 0. The van der Waals surface area contributed by atoms with E-state index in [4.69, 9.17) is 0 Å². The van der Waals surface area contributed by atoms with E-state index in [-0.39, 0.29) is 11.7 Å². The van der Waals surface area contributed by atoms with Gasteiger partial charge in [0.2, 0.25) is 0 Å². The first-order valence-corrected chi connectivity index (χ1v) is 8.39. The predicted molar refractivity (Wildman–Crippen MR) is 96.4 cm³/mol. The van der Waals surface area contributed by atoms with Crippen molar-refractivity contribution in [2.24, 2.45) is 7.05 Å². The molecule has 0 saturated heterocycles. The normalized spacial score (nSPS) is 11.1. The van der Waals surface area contributed by atoms with Gasteiger partial charge in [-0.25, -0.2) is 4.39 Å². The van der Waals surface area contributed by atoms with Gasteiger partial charge in [0.15, 0.2) is 0 Å². The summed E-state index contributed by atoms with van der Waals surface area (Å²) in [5.74, 6) is -0.457. The van der Waals surface area contributed by atoms with Gasteiger partial charge in [0.05, 0.1) is 6.54 Å². The second-order valence-electron chi connectivity index (χ2n) is 5.42. The largest absolute Gasteiger partial charge is 0.357 e. The molecule has 0 atom stereocenters. The van der Waals surface area contributed by atoms with Crippen molar-refractivity contribution >= 4 is 29.0 Å². The lowest BCUT2D eigenvalue weighted by Crippen LogP contribution is -2.28. The van der Waals surface area contributed by atoms with E-state index in [0.29, 0.717) is 12.2 Å². The SMILES string of the molecule is Cn1ccc(C=CC(=O)N(Cc2cccs2)c2ccc(F)cc2)c1. The summed E-state index contributed by atoms with van der Waals surface area (Å²) in [6, 6.07) is 11.8. The molecule has 0 bridgehead atoms. The zero-order valence-corrected chi connectivity index (χ0v) is 14.0. The van der Waals surface area contributed by atoms with Gasteiger partial charge in [0.25, 0.3) is 5.91 Å². The van der Waals surface area contributed by atoms with Gasteiger partial charge in [-0.05, 0) is 53.4 Å². The number of nitrogens with zero attached hydrogens (tertiary/aromatic N) is 2. The van der Waals surface area contributed by atoms with E-state index in [1.807, 2.05) is 47.6 Å². The lowest BCUT2D eigenvalue weighted by Gasteiger charge is -2.20. The smallest absolute Gasteiger partial charge is 0.251 e. The van der Waals surface area contributed by atoms with Crippen molar-refractivity contribution in [1.82, 2.24) is 4.57 Å². The summed E-state index contributed by atoms with van der Waals surface area (Å²) in [4.78, 5) is 15.4. The molecule has 0 radical (unpaired) electrons. The number of rotatable bonds is 5. The van der Waals surface area contributed by atoms with Crippen molar-refractivity contribution in [1.29, 1.82) is 0 Å². The molecule has 5 heteroatoms. The average molecular weight is 340 g/mol. The van der Waals surface area contributed by atoms with E-state index < -0.39 is 0 Å². The first-order valence-electron chi connectivity index (χ1n) is 7.51. The second kappa shape index (κ2) is 7.27. The molecule has 0 aliphatic carbocycles. The molecule has 0 spiro atoms. The fourth-order valence-electron chi connectivity index (χ4n) is 2.36. The van der Waals surface area contributed by atoms with Gasteiger partial charge in [-0.2, -0.15) is 0 Å². The first-order chi connectivity index (χ1) is 11.6. The summed E-state index contributed by atoms with van der Waals surface area (Å²) in [5.41, 5.74) is 1.63. The van der Waals surface area contributed by atoms with Crippen molar-refractivity contribution in [3.63, 3.8) is 0 Å². The minimum atomic E-state index is -0.317. The molecule has 0 unspecified atom stereocenters. The van der Waals surface area contributed by atoms with Crippen LogP contribution in [0.1, 0.15) is 10.4 Å². The topological polar surface area (TPSA) is 25.2 Å². The van der Waals surface area contributed by atoms with Crippen molar-refractivity contribution in [2.45, 2.75) is 6.54 Å². The number of anilines is 1. The number of carbonyl (C=O) groups is 1. The van der Waals surface area contributed by atoms with E-state index in [2.05, 4.69) is 0 Å². The minimum absolute atomic E-state index is 0.140. The molecule has 0 aliphatic heterocycles. The van der Waals surface area contributed by atoms with E-state index in [1.54, 1.807) is 40.5 Å². The molecule has 3 nitrogen and oxygen atoms in total. The molecule has 3 rings (SSSR count). The van der Waals surface area contributed by atoms with Crippen LogP contribution >= 0.6 is 11.3 Å². The quantitative estimate of drug-likeness (QED) is 0.629. The van der Waals surface area contributed by atoms with Crippen molar-refractivity contribution < 1.29 is 9.18 Å². The Balaban J connectivity index is 1.84. The zero-order chi connectivity index (χ0) is 16.9. The number of benzene rings is 1. The molecule has 0 fully saturated rings. The Morgan fingerprint density at radius 2 is 2.04 bits per heavy atom. The Kier molecular flexibility index (Phi) is 4.91. The van der Waals surface area contributed by atoms with Crippen molar-refractivity contribution in [3.8, 4) is 0 Å². The highest BCUT2D eigenvalue weighted by atomic mass is 32.1. The van der Waals surface area contributed by atoms with E-state index in [9.17, 15) is 9.18 Å². The highest BCUT2D eigenvalue weighted by Crippen LogP contribution is 2.21. The summed E-state index contributed by atoms with van der Waals surface area (Å²) in [6.07, 6.45) is 7.19. The van der Waals surface area contributed by atoms with Crippen LogP contribution in [0.5, 0.6) is 0 Å². The summed E-state index contributed by atoms with van der Waals surface area (Å²) in [7, 11) is 1.93. The fourth-order valence-corrected chi connectivity index (χ4v) is 3.05. The molecule has 0 aliphatic rings. The summed E-state index contributed by atoms with van der Waals surface area (Å²) < 4.78 is 15.1. The Bertz CT molecular complexity index is 835. The van der Waals surface area contributed by atoms with E-state index >= 15 is 0 Å². The number of aromatic nitrogens is 1. The molecular weight excluding hydrogens is 323 g/mol. The van der Waals surface area contributed by atoms with Crippen LogP contribution in [0.25, 0.3) is 6.08 Å². The van der Waals surface area contributed by atoms with Gasteiger partial charge >= 0.3 is 0 Å². The Morgan fingerprint density at radius 3 is 2.67 bits per heavy atom. The standard InChI is InChI=1S/C19H17FN2OS/c1-21-11-10-15(13-21)4-9-19(23)22(14-18-3-2-12-24-18)17-7-5-16(20)6-8-17/h2-13H,14H2,1H3. The predicted octanol–water partition coefficient (Wildman–Crippen LogP) is 4.47. The number of hydrogen-bond acceptors (Lipinski definition) is 2. The van der Waals surface area contributed by atoms with E-state index in [1.165, 1.54) is 12.1 Å². The molecular formula is C19H17FN2OS. The number of thiophene rings is 1. The number of amides is 1. The maximum absolute atomic E-state index is 13.2. The molecule has 2 aromatic heterocycles. The van der Waals surface area contributed by atoms with Crippen LogP contribution in [0.3, 0.4) is 0 Å². The second-order valence-corrected chi connectivity index (χ2v) is 6.46. The van der Waals surface area contributed by atoms with E-state index in [0.717, 1.165) is 10.4 Å². The van der Waals surface area contributed by atoms with Crippen LogP contribution in [0.4, 0.5) is 10.1 Å². The number of carbonyl (C=O) groups excluding carboxylic acids is 1. The van der Waals surface area contributed by atoms with Gasteiger partial charge in [-0.15, -0.1) is 11.3 Å². The summed E-state index contributed by atoms with van der Waals surface area (Å²) >= 11 is 1.59. The first kappa shape index (κ1) is 16.2. The highest BCUT2D eigenvalue weighted by Gasteiger charge is 2.14. The third-order valence-corrected chi connectivity index (χ3v) is 4.43. The van der Waals surface area contributed by atoms with Crippen LogP contribution in [-0.2, 0) is 18.4 Å². The van der Waals surface area contributed by atoms with Gasteiger partial charge in [0.1, 0.15) is 5.82 Å². The van der Waals surface area contributed by atoms with Crippen molar-refractivity contribution in [3.05, 3.63) is 82.6 Å². The maximum Gasteiger partial charge on any atom is 0.251 e. The van der Waals surface area contributed by atoms with Gasteiger partial charge in [0, 0.05) is 36.1 Å². The monoisotopic (exact) mass is 340 g/mol. The minimum Gasteiger partial charge on any atom is -0.357 e. The number of aryl methyl sites for hydroxylation is 1. The highest BCUT2D eigenvalue weighted by molar-refractivity contribution is 7.09. The van der Waals surface area contributed by atoms with Crippen LogP contribution in [-0.4, -0.2) is 10.5 Å². The molecule has 1 amide bonds. The lowest BCUT2D eigenvalue weighted by atomic mass is 10.2. The van der Waals surface area contributed by atoms with Crippen LogP contribution in [0.15, 0.2) is 66.3 Å². The molecule has 0 N–H and O–H groups in total. The van der Waals surface area contributed by atoms with Crippen LogP contribution in [0, 0.1) is 5.82 Å². The van der Waals surface area contributed by atoms with Crippen LogP contribution in [0.2, 0.25) is 0 Å². The molecule has 122 valence electrons. The van der Waals surface area contributed by atoms with Gasteiger partial charge in [-0.3, -0.25) is 4.79 Å². The third-order valence-electron chi connectivity index (χ3n) is 3.57. The Hall–Kier alpha value is -2.66. The maximum atomic E-state index is 13.2. The number of halogens is 1. The molecule has 24 heavy (non-hydrogen) atoms. The molecule has 0 saturated carbocycles. The summed E-state index contributed by atoms with van der Waals surface area (Å²) in [5, 5.41) is 1.97. The zero-order valence-electron chi connectivity index (χ0n) is 13.2. The molecule has 2 heterocycles. The van der Waals surface area contributed by atoms with Gasteiger partial charge < -0.3 is 9.47 Å². The van der Waals surface area contributed by atoms with Gasteiger partial charge in [-0.1, -0.05) is 6.07 Å². The fraction of sp³-hybridized carbons (Fsp3) is 0.105. The summed E-state index contributed by atoms with van der Waals surface area (Å²) in [6.45, 7) is 0.460. The third kappa shape index (κ3) is 4.00. The van der Waals surface area contributed by atoms with Crippen molar-refractivity contribution in [2.75, 3.05) is 4.90 Å². The Labute approximate surface area is 144 Å². The average Bonchev–Trinajstić information content (AvgIpc) is 3.23. The lowest BCUT2D eigenvalue weighted by molar-refractivity contribution is -0.114. The molecule has 3 aromatic rings. The molecule has 1 aromatic carbocycles.